The number of thiophene rings is 1. The van der Waals surface area contributed by atoms with Gasteiger partial charge in [-0.15, -0.1) is 11.3 Å². The maximum Gasteiger partial charge on any atom is 0.245 e. The van der Waals surface area contributed by atoms with Crippen molar-refractivity contribution in [2.24, 2.45) is 5.73 Å². The average molecular weight is 240 g/mol. The van der Waals surface area contributed by atoms with Gasteiger partial charge in [0.2, 0.25) is 5.91 Å². The standard InChI is InChI=1S/C11H16N2O2S/c12-10(9-4-2-6-16-9)11(15)13-5-1-3-8(14)7-13/h2,4,6,8,10,14H,1,3,5,7,12H2/t8-,10?/m0/s1. The third kappa shape index (κ3) is 2.42. The van der Waals surface area contributed by atoms with Gasteiger partial charge in [-0.05, 0) is 24.3 Å². The van der Waals surface area contributed by atoms with Gasteiger partial charge < -0.3 is 15.7 Å². The summed E-state index contributed by atoms with van der Waals surface area (Å²) in [6.07, 6.45) is 1.23. The van der Waals surface area contributed by atoms with Crippen molar-refractivity contribution in [2.45, 2.75) is 25.0 Å². The Kier molecular flexibility index (Phi) is 3.58. The lowest BCUT2D eigenvalue weighted by Gasteiger charge is -2.31. The third-order valence-electron chi connectivity index (χ3n) is 2.82. The molecule has 0 saturated carbocycles. The smallest absolute Gasteiger partial charge is 0.245 e. The number of aliphatic hydroxyl groups is 1. The number of likely N-dealkylation sites (tertiary alicyclic amines) is 1. The van der Waals surface area contributed by atoms with Crippen molar-refractivity contribution in [3.63, 3.8) is 0 Å². The maximum atomic E-state index is 12.0. The van der Waals surface area contributed by atoms with Crippen molar-refractivity contribution in [2.75, 3.05) is 13.1 Å². The van der Waals surface area contributed by atoms with Gasteiger partial charge in [-0.25, -0.2) is 0 Å². The zero-order valence-electron chi connectivity index (χ0n) is 9.00. The predicted octanol–water partition coefficient (Wildman–Crippen LogP) is 0.731. The molecule has 0 radical (unpaired) electrons. The number of rotatable bonds is 2. The minimum atomic E-state index is -0.578. The van der Waals surface area contributed by atoms with Crippen LogP contribution in [0.3, 0.4) is 0 Å². The highest BCUT2D eigenvalue weighted by Crippen LogP contribution is 2.20. The largest absolute Gasteiger partial charge is 0.391 e. The van der Waals surface area contributed by atoms with E-state index in [-0.39, 0.29) is 5.91 Å². The van der Waals surface area contributed by atoms with Crippen LogP contribution in [0.4, 0.5) is 0 Å². The highest BCUT2D eigenvalue weighted by atomic mass is 32.1. The molecule has 0 bridgehead atoms. The van der Waals surface area contributed by atoms with E-state index in [0.717, 1.165) is 17.7 Å². The highest BCUT2D eigenvalue weighted by molar-refractivity contribution is 7.10. The molecule has 2 atom stereocenters. The molecule has 1 aromatic rings. The summed E-state index contributed by atoms with van der Waals surface area (Å²) in [5, 5.41) is 11.4. The number of aliphatic hydroxyl groups excluding tert-OH is 1. The number of amides is 1. The zero-order valence-corrected chi connectivity index (χ0v) is 9.82. The monoisotopic (exact) mass is 240 g/mol. The van der Waals surface area contributed by atoms with Gasteiger partial charge in [0, 0.05) is 18.0 Å². The number of nitrogens with zero attached hydrogens (tertiary/aromatic N) is 1. The van der Waals surface area contributed by atoms with Crippen LogP contribution >= 0.6 is 11.3 Å². The topological polar surface area (TPSA) is 66.6 Å². The predicted molar refractivity (Wildman–Crippen MR) is 63.1 cm³/mol. The number of hydrogen-bond acceptors (Lipinski definition) is 4. The molecule has 16 heavy (non-hydrogen) atoms. The lowest BCUT2D eigenvalue weighted by atomic mass is 10.1. The highest BCUT2D eigenvalue weighted by Gasteiger charge is 2.27. The Morgan fingerprint density at radius 2 is 2.50 bits per heavy atom. The summed E-state index contributed by atoms with van der Waals surface area (Å²) in [6.45, 7) is 1.12. The Balaban J connectivity index is 2.01. The van der Waals surface area contributed by atoms with Crippen LogP contribution in [0.25, 0.3) is 0 Å². The van der Waals surface area contributed by atoms with Gasteiger partial charge in [0.05, 0.1) is 6.10 Å². The lowest BCUT2D eigenvalue weighted by Crippen LogP contribution is -2.45. The first-order chi connectivity index (χ1) is 7.68. The molecule has 1 amide bonds. The lowest BCUT2D eigenvalue weighted by molar-refractivity contribution is -0.135. The Morgan fingerprint density at radius 3 is 3.12 bits per heavy atom. The molecule has 1 saturated heterocycles. The van der Waals surface area contributed by atoms with Crippen LogP contribution in [0.1, 0.15) is 23.8 Å². The number of nitrogens with two attached hydrogens (primary N) is 1. The summed E-state index contributed by atoms with van der Waals surface area (Å²) in [5.74, 6) is -0.0822. The first-order valence-corrected chi connectivity index (χ1v) is 6.32. The zero-order chi connectivity index (χ0) is 11.5. The van der Waals surface area contributed by atoms with E-state index in [1.165, 1.54) is 11.3 Å². The second-order valence-electron chi connectivity index (χ2n) is 4.07. The Hall–Kier alpha value is -0.910. The summed E-state index contributed by atoms with van der Waals surface area (Å²) < 4.78 is 0. The summed E-state index contributed by atoms with van der Waals surface area (Å²) >= 11 is 1.49. The Bertz CT molecular complexity index is 353. The number of piperidine rings is 1. The minimum Gasteiger partial charge on any atom is -0.391 e. The van der Waals surface area contributed by atoms with E-state index >= 15 is 0 Å². The van der Waals surface area contributed by atoms with Crippen molar-refractivity contribution in [1.82, 2.24) is 4.90 Å². The summed E-state index contributed by atoms with van der Waals surface area (Å²) in [4.78, 5) is 14.6. The fraction of sp³-hybridized carbons (Fsp3) is 0.545. The number of carbonyl (C=O) groups is 1. The van der Waals surface area contributed by atoms with Crippen molar-refractivity contribution in [3.8, 4) is 0 Å². The molecule has 1 aliphatic rings. The molecule has 0 spiro atoms. The molecule has 1 fully saturated rings. The van der Waals surface area contributed by atoms with Crippen LogP contribution in [0.5, 0.6) is 0 Å². The number of β-amino-alcohol motifs (C(OH)–C–C–N with tert-alkyl or cyclic N) is 1. The molecule has 88 valence electrons. The SMILES string of the molecule is NC(C(=O)N1CCC[C@H](O)C1)c1cccs1. The van der Waals surface area contributed by atoms with Crippen LogP contribution in [0, 0.1) is 0 Å². The van der Waals surface area contributed by atoms with Crippen molar-refractivity contribution < 1.29 is 9.90 Å². The molecule has 3 N–H and O–H groups in total. The molecular formula is C11H16N2O2S. The second kappa shape index (κ2) is 4.95. The van der Waals surface area contributed by atoms with E-state index < -0.39 is 12.1 Å². The molecular weight excluding hydrogens is 224 g/mol. The molecule has 1 aromatic heterocycles. The Labute approximate surface area is 98.7 Å². The van der Waals surface area contributed by atoms with Crippen LogP contribution in [-0.2, 0) is 4.79 Å². The molecule has 2 rings (SSSR count). The van der Waals surface area contributed by atoms with Crippen LogP contribution < -0.4 is 5.73 Å². The molecule has 0 aliphatic carbocycles. The minimum absolute atomic E-state index is 0.0822. The first kappa shape index (κ1) is 11.6. The van der Waals surface area contributed by atoms with Crippen LogP contribution in [0.2, 0.25) is 0 Å². The average Bonchev–Trinajstić information content (AvgIpc) is 2.80. The quantitative estimate of drug-likeness (QED) is 0.801. The van der Waals surface area contributed by atoms with Crippen molar-refractivity contribution in [1.29, 1.82) is 0 Å². The molecule has 4 nitrogen and oxygen atoms in total. The van der Waals surface area contributed by atoms with E-state index in [1.54, 1.807) is 4.90 Å². The maximum absolute atomic E-state index is 12.0. The molecule has 0 aromatic carbocycles. The molecule has 2 heterocycles. The van der Waals surface area contributed by atoms with Gasteiger partial charge in [0.25, 0.3) is 0 Å². The van der Waals surface area contributed by atoms with Crippen molar-refractivity contribution in [3.05, 3.63) is 22.4 Å². The summed E-state index contributed by atoms with van der Waals surface area (Å²) in [7, 11) is 0. The normalized spacial score (nSPS) is 23.1. The fourth-order valence-electron chi connectivity index (χ4n) is 1.94. The molecule has 1 unspecified atom stereocenters. The van der Waals surface area contributed by atoms with E-state index in [1.807, 2.05) is 17.5 Å². The fourth-order valence-corrected chi connectivity index (χ4v) is 2.66. The molecule has 1 aliphatic heterocycles. The van der Waals surface area contributed by atoms with Gasteiger partial charge >= 0.3 is 0 Å². The van der Waals surface area contributed by atoms with Gasteiger partial charge in [0.15, 0.2) is 0 Å². The van der Waals surface area contributed by atoms with Crippen LogP contribution in [-0.4, -0.2) is 35.1 Å². The third-order valence-corrected chi connectivity index (χ3v) is 3.78. The molecule has 5 heteroatoms. The second-order valence-corrected chi connectivity index (χ2v) is 5.05. The van der Waals surface area contributed by atoms with Gasteiger partial charge in [0.1, 0.15) is 6.04 Å². The van der Waals surface area contributed by atoms with E-state index in [9.17, 15) is 9.90 Å². The van der Waals surface area contributed by atoms with Gasteiger partial charge in [-0.1, -0.05) is 6.07 Å². The van der Waals surface area contributed by atoms with E-state index in [0.29, 0.717) is 13.1 Å². The van der Waals surface area contributed by atoms with Gasteiger partial charge in [-0.3, -0.25) is 4.79 Å². The summed E-state index contributed by atoms with van der Waals surface area (Å²) in [6, 6.07) is 3.18. The van der Waals surface area contributed by atoms with E-state index in [4.69, 9.17) is 5.73 Å². The Morgan fingerprint density at radius 1 is 1.69 bits per heavy atom. The number of carbonyl (C=O) groups excluding carboxylic acids is 1. The summed E-state index contributed by atoms with van der Waals surface area (Å²) in [5.41, 5.74) is 5.90. The van der Waals surface area contributed by atoms with E-state index in [2.05, 4.69) is 0 Å². The van der Waals surface area contributed by atoms with Gasteiger partial charge in [-0.2, -0.15) is 0 Å². The van der Waals surface area contributed by atoms with Crippen LogP contribution in [0.15, 0.2) is 17.5 Å². The first-order valence-electron chi connectivity index (χ1n) is 5.44. The number of hydrogen-bond donors (Lipinski definition) is 2. The van der Waals surface area contributed by atoms with Crippen molar-refractivity contribution >= 4 is 17.2 Å².